The molecule has 0 fully saturated rings. The van der Waals surface area contributed by atoms with Crippen molar-refractivity contribution in [1.29, 1.82) is 0 Å². The lowest BCUT2D eigenvalue weighted by Gasteiger charge is -2.14. The van der Waals surface area contributed by atoms with E-state index in [1.165, 1.54) is 4.70 Å². The molecule has 7 heteroatoms. The van der Waals surface area contributed by atoms with Gasteiger partial charge in [-0.05, 0) is 40.9 Å². The van der Waals surface area contributed by atoms with Crippen molar-refractivity contribution in [2.75, 3.05) is 12.4 Å². The van der Waals surface area contributed by atoms with Crippen LogP contribution in [0.5, 0.6) is 5.75 Å². The molecule has 0 radical (unpaired) electrons. The van der Waals surface area contributed by atoms with Crippen LogP contribution in [-0.4, -0.2) is 29.3 Å². The number of fused-ring (bicyclic) bond motifs is 1. The van der Waals surface area contributed by atoms with Gasteiger partial charge in [-0.15, -0.1) is 11.3 Å². The van der Waals surface area contributed by atoms with E-state index in [4.69, 9.17) is 10.5 Å². The maximum Gasteiger partial charge on any atom is 0.241 e. The van der Waals surface area contributed by atoms with Crippen LogP contribution in [0.3, 0.4) is 0 Å². The highest BCUT2D eigenvalue weighted by Crippen LogP contribution is 2.32. The van der Waals surface area contributed by atoms with Gasteiger partial charge in [-0.3, -0.25) is 9.89 Å². The number of aromatic nitrogens is 2. The minimum absolute atomic E-state index is 0.228. The zero-order chi connectivity index (χ0) is 19.5. The number of nitrogens with zero attached hydrogens (tertiary/aromatic N) is 1. The molecule has 28 heavy (non-hydrogen) atoms. The van der Waals surface area contributed by atoms with E-state index in [1.807, 2.05) is 24.3 Å². The summed E-state index contributed by atoms with van der Waals surface area (Å²) in [5, 5.41) is 12.9. The first-order valence-corrected chi connectivity index (χ1v) is 9.72. The molecule has 2 aromatic carbocycles. The molecule has 4 rings (SSSR count). The minimum atomic E-state index is -0.641. The third-order valence-electron chi connectivity index (χ3n) is 4.62. The fraction of sp³-hybridized carbons (Fsp3) is 0.143. The van der Waals surface area contributed by atoms with Gasteiger partial charge in [0.15, 0.2) is 0 Å². The van der Waals surface area contributed by atoms with Crippen molar-refractivity contribution in [2.45, 2.75) is 12.5 Å². The van der Waals surface area contributed by atoms with Crippen LogP contribution >= 0.6 is 11.3 Å². The van der Waals surface area contributed by atoms with Crippen LogP contribution in [0, 0.1) is 0 Å². The van der Waals surface area contributed by atoms with Gasteiger partial charge in [0.1, 0.15) is 5.75 Å². The topological polar surface area (TPSA) is 93.0 Å². The molecule has 1 atom stereocenters. The molecular weight excluding hydrogens is 372 g/mol. The molecule has 1 amide bonds. The number of rotatable bonds is 6. The molecule has 0 saturated carbocycles. The molecule has 2 heterocycles. The Morgan fingerprint density at radius 3 is 2.96 bits per heavy atom. The first kappa shape index (κ1) is 18.2. The summed E-state index contributed by atoms with van der Waals surface area (Å²) >= 11 is 1.67. The van der Waals surface area contributed by atoms with Gasteiger partial charge in [-0.1, -0.05) is 18.2 Å². The second-order valence-corrected chi connectivity index (χ2v) is 7.37. The Balaban J connectivity index is 1.48. The summed E-state index contributed by atoms with van der Waals surface area (Å²) in [5.41, 5.74) is 9.71. The van der Waals surface area contributed by atoms with Crippen LogP contribution in [0.15, 0.2) is 60.2 Å². The third kappa shape index (κ3) is 3.62. The second-order valence-electron chi connectivity index (χ2n) is 6.46. The number of H-pyrrole nitrogens is 1. The largest absolute Gasteiger partial charge is 0.496 e. The normalized spacial score (nSPS) is 12.1. The molecule has 0 spiro atoms. The Morgan fingerprint density at radius 2 is 2.18 bits per heavy atom. The highest BCUT2D eigenvalue weighted by atomic mass is 32.1. The van der Waals surface area contributed by atoms with Crippen LogP contribution in [0.25, 0.3) is 21.2 Å². The molecule has 2 aromatic heterocycles. The fourth-order valence-electron chi connectivity index (χ4n) is 3.16. The Bertz CT molecular complexity index is 1100. The first-order chi connectivity index (χ1) is 13.7. The summed E-state index contributed by atoms with van der Waals surface area (Å²) < 4.78 is 6.66. The number of amides is 1. The number of hydrogen-bond acceptors (Lipinski definition) is 5. The van der Waals surface area contributed by atoms with Crippen molar-refractivity contribution >= 4 is 33.0 Å². The number of thiophene rings is 1. The van der Waals surface area contributed by atoms with E-state index in [9.17, 15) is 4.79 Å². The van der Waals surface area contributed by atoms with E-state index >= 15 is 0 Å². The highest BCUT2D eigenvalue weighted by Gasteiger charge is 2.17. The van der Waals surface area contributed by atoms with Gasteiger partial charge in [-0.25, -0.2) is 0 Å². The Labute approximate surface area is 166 Å². The standard InChI is InChI=1S/C21H20N4O2S/c1-27-19-9-15(6-7-16(19)14-10-23-24-11-14)25-21(26)18(22)8-13-12-28-20-5-3-2-4-17(13)20/h2-7,9-12,18H,8,22H2,1H3,(H,23,24)(H,25,26)/t18-/m0/s1. The van der Waals surface area contributed by atoms with Crippen LogP contribution in [-0.2, 0) is 11.2 Å². The van der Waals surface area contributed by atoms with E-state index in [0.29, 0.717) is 17.9 Å². The number of methoxy groups -OCH3 is 1. The van der Waals surface area contributed by atoms with Crippen molar-refractivity contribution in [3.8, 4) is 16.9 Å². The zero-order valence-corrected chi connectivity index (χ0v) is 16.1. The monoisotopic (exact) mass is 392 g/mol. The number of carbonyl (C=O) groups is 1. The molecule has 0 saturated heterocycles. The van der Waals surface area contributed by atoms with Gasteiger partial charge in [-0.2, -0.15) is 5.10 Å². The maximum absolute atomic E-state index is 12.6. The molecule has 142 valence electrons. The number of nitrogens with two attached hydrogens (primary N) is 1. The Hall–Kier alpha value is -3.16. The third-order valence-corrected chi connectivity index (χ3v) is 5.63. The lowest BCUT2D eigenvalue weighted by atomic mass is 10.0. The number of nitrogens with one attached hydrogen (secondary N) is 2. The quantitative estimate of drug-likeness (QED) is 0.465. The molecule has 4 aromatic rings. The van der Waals surface area contributed by atoms with Crippen molar-refractivity contribution in [1.82, 2.24) is 10.2 Å². The molecule has 0 unspecified atom stereocenters. The predicted molar refractivity (Wildman–Crippen MR) is 113 cm³/mol. The summed E-state index contributed by atoms with van der Waals surface area (Å²) in [6.45, 7) is 0. The number of aromatic amines is 1. The summed E-state index contributed by atoms with van der Waals surface area (Å²) in [4.78, 5) is 12.6. The molecule has 0 aliphatic rings. The SMILES string of the molecule is COc1cc(NC(=O)[C@@H](N)Cc2csc3ccccc23)ccc1-c1cn[nH]c1. The number of carbonyl (C=O) groups excluding carboxylic acids is 1. The predicted octanol–water partition coefficient (Wildman–Crippen LogP) is 3.81. The van der Waals surface area contributed by atoms with E-state index in [-0.39, 0.29) is 5.91 Å². The molecule has 0 bridgehead atoms. The van der Waals surface area contributed by atoms with Gasteiger partial charge in [0.2, 0.25) is 5.91 Å². The van der Waals surface area contributed by atoms with Gasteiger partial charge in [0.25, 0.3) is 0 Å². The highest BCUT2D eigenvalue weighted by molar-refractivity contribution is 7.17. The average Bonchev–Trinajstić information content (AvgIpc) is 3.38. The number of anilines is 1. The lowest BCUT2D eigenvalue weighted by molar-refractivity contribution is -0.117. The van der Waals surface area contributed by atoms with Gasteiger partial charge >= 0.3 is 0 Å². The second kappa shape index (κ2) is 7.84. The minimum Gasteiger partial charge on any atom is -0.496 e. The van der Waals surface area contributed by atoms with Gasteiger partial charge in [0.05, 0.1) is 19.3 Å². The fourth-order valence-corrected chi connectivity index (χ4v) is 4.14. The van der Waals surface area contributed by atoms with Gasteiger partial charge < -0.3 is 15.8 Å². The Kier molecular flexibility index (Phi) is 5.10. The van der Waals surface area contributed by atoms with Crippen molar-refractivity contribution < 1.29 is 9.53 Å². The van der Waals surface area contributed by atoms with Crippen LogP contribution < -0.4 is 15.8 Å². The van der Waals surface area contributed by atoms with E-state index in [0.717, 1.165) is 22.1 Å². The lowest BCUT2D eigenvalue weighted by Crippen LogP contribution is -2.37. The van der Waals surface area contributed by atoms with Crippen molar-refractivity contribution in [3.05, 3.63) is 65.8 Å². The molecular formula is C21H20N4O2S. The van der Waals surface area contributed by atoms with Crippen molar-refractivity contribution in [3.63, 3.8) is 0 Å². The Morgan fingerprint density at radius 1 is 1.32 bits per heavy atom. The van der Waals surface area contributed by atoms with E-state index in [2.05, 4.69) is 33.0 Å². The molecule has 0 aliphatic heterocycles. The van der Waals surface area contributed by atoms with Crippen LogP contribution in [0.2, 0.25) is 0 Å². The smallest absolute Gasteiger partial charge is 0.241 e. The number of hydrogen-bond donors (Lipinski definition) is 3. The summed E-state index contributed by atoms with van der Waals surface area (Å²) in [6, 6.07) is 13.0. The van der Waals surface area contributed by atoms with Crippen molar-refractivity contribution in [2.24, 2.45) is 5.73 Å². The molecule has 6 nitrogen and oxygen atoms in total. The summed E-state index contributed by atoms with van der Waals surface area (Å²) in [6.07, 6.45) is 3.99. The number of benzene rings is 2. The maximum atomic E-state index is 12.6. The number of ether oxygens (including phenoxy) is 1. The molecule has 0 aliphatic carbocycles. The van der Waals surface area contributed by atoms with E-state index in [1.54, 1.807) is 36.9 Å². The van der Waals surface area contributed by atoms with Gasteiger partial charge in [0, 0.05) is 33.8 Å². The molecule has 4 N–H and O–H groups in total. The summed E-state index contributed by atoms with van der Waals surface area (Å²) in [7, 11) is 1.60. The average molecular weight is 392 g/mol. The first-order valence-electron chi connectivity index (χ1n) is 8.84. The van der Waals surface area contributed by atoms with E-state index < -0.39 is 6.04 Å². The summed E-state index contributed by atoms with van der Waals surface area (Å²) in [5.74, 6) is 0.421. The van der Waals surface area contributed by atoms with Crippen LogP contribution in [0.1, 0.15) is 5.56 Å². The zero-order valence-electron chi connectivity index (χ0n) is 15.3. The van der Waals surface area contributed by atoms with Crippen LogP contribution in [0.4, 0.5) is 5.69 Å².